The molecule has 138 valence electrons. The van der Waals surface area contributed by atoms with Crippen molar-refractivity contribution in [2.45, 2.75) is 31.8 Å². The monoisotopic (exact) mass is 371 g/mol. The molecule has 4 heterocycles. The van der Waals surface area contributed by atoms with Gasteiger partial charge in [-0.2, -0.15) is 11.3 Å². The summed E-state index contributed by atoms with van der Waals surface area (Å²) in [6.07, 6.45) is 5.84. The highest BCUT2D eigenvalue weighted by Gasteiger charge is 2.35. The van der Waals surface area contributed by atoms with Crippen molar-refractivity contribution in [2.24, 2.45) is 0 Å². The number of hydrogen-bond acceptors (Lipinski definition) is 6. The predicted molar refractivity (Wildman–Crippen MR) is 103 cm³/mol. The molecule has 0 aliphatic carbocycles. The van der Waals surface area contributed by atoms with Gasteiger partial charge in [-0.15, -0.1) is 0 Å². The molecule has 0 saturated carbocycles. The molecule has 4 rings (SSSR count). The third kappa shape index (κ3) is 3.46. The molecule has 2 atom stereocenters. The van der Waals surface area contributed by atoms with Crippen LogP contribution in [0.2, 0.25) is 0 Å². The van der Waals surface area contributed by atoms with Crippen LogP contribution in [0.1, 0.15) is 31.4 Å². The fraction of sp³-hybridized carbons (Fsp3) is 0.526. The van der Waals surface area contributed by atoms with Crippen molar-refractivity contribution >= 4 is 23.2 Å². The van der Waals surface area contributed by atoms with Crippen LogP contribution >= 0.6 is 11.3 Å². The largest absolute Gasteiger partial charge is 0.338 e. The van der Waals surface area contributed by atoms with E-state index in [1.165, 1.54) is 5.56 Å². The van der Waals surface area contributed by atoms with Crippen LogP contribution in [-0.4, -0.2) is 64.4 Å². The number of anilines is 1. The molecule has 2 aromatic rings. The average molecular weight is 372 g/mol. The molecule has 2 saturated heterocycles. The lowest BCUT2D eigenvalue weighted by molar-refractivity contribution is -0.137. The topological polar surface area (TPSA) is 52.6 Å². The Morgan fingerprint density at radius 1 is 1.19 bits per heavy atom. The Morgan fingerprint density at radius 2 is 1.96 bits per heavy atom. The lowest BCUT2D eigenvalue weighted by Crippen LogP contribution is -2.54. The summed E-state index contributed by atoms with van der Waals surface area (Å²) in [5.41, 5.74) is 1.36. The zero-order valence-corrected chi connectivity index (χ0v) is 15.9. The van der Waals surface area contributed by atoms with Crippen LogP contribution in [0.5, 0.6) is 0 Å². The van der Waals surface area contributed by atoms with Crippen LogP contribution < -0.4 is 4.90 Å². The van der Waals surface area contributed by atoms with E-state index < -0.39 is 0 Å². The van der Waals surface area contributed by atoms with Crippen molar-refractivity contribution in [2.75, 3.05) is 37.6 Å². The molecule has 2 aliphatic heterocycles. The second kappa shape index (κ2) is 7.72. The molecular formula is C19H25N5OS. The summed E-state index contributed by atoms with van der Waals surface area (Å²) in [5.74, 6) is 1.01. The van der Waals surface area contributed by atoms with Crippen molar-refractivity contribution in [3.63, 3.8) is 0 Å². The highest BCUT2D eigenvalue weighted by molar-refractivity contribution is 7.07. The van der Waals surface area contributed by atoms with E-state index in [1.54, 1.807) is 23.7 Å². The zero-order valence-electron chi connectivity index (χ0n) is 15.1. The number of rotatable bonds is 4. The Morgan fingerprint density at radius 3 is 2.65 bits per heavy atom. The molecule has 0 aromatic carbocycles. The maximum atomic E-state index is 13.1. The number of amides is 1. The van der Waals surface area contributed by atoms with Crippen LogP contribution in [0.25, 0.3) is 0 Å². The lowest BCUT2D eigenvalue weighted by Gasteiger charge is -2.38. The molecule has 0 unspecified atom stereocenters. The number of piperazine rings is 1. The second-order valence-electron chi connectivity index (χ2n) is 6.99. The van der Waals surface area contributed by atoms with Crippen molar-refractivity contribution < 1.29 is 4.79 Å². The molecule has 0 bridgehead atoms. The normalized spacial score (nSPS) is 22.6. The fourth-order valence-corrected chi connectivity index (χ4v) is 4.77. The van der Waals surface area contributed by atoms with Crippen LogP contribution in [0, 0.1) is 0 Å². The second-order valence-corrected chi connectivity index (χ2v) is 7.77. The van der Waals surface area contributed by atoms with E-state index in [2.05, 4.69) is 43.5 Å². The van der Waals surface area contributed by atoms with Crippen LogP contribution in [0.3, 0.4) is 0 Å². The summed E-state index contributed by atoms with van der Waals surface area (Å²) in [6, 6.07) is 4.34. The Kier molecular flexibility index (Phi) is 5.17. The molecule has 2 aliphatic rings. The zero-order chi connectivity index (χ0) is 17.9. The van der Waals surface area contributed by atoms with Gasteiger partial charge in [-0.25, -0.2) is 9.97 Å². The van der Waals surface area contributed by atoms with E-state index in [9.17, 15) is 4.79 Å². The molecule has 26 heavy (non-hydrogen) atoms. The van der Waals surface area contributed by atoms with Crippen molar-refractivity contribution in [1.29, 1.82) is 0 Å². The number of nitrogens with zero attached hydrogens (tertiary/aromatic N) is 5. The predicted octanol–water partition coefficient (Wildman–Crippen LogP) is 2.41. The first-order valence-corrected chi connectivity index (χ1v) is 10.3. The Hall–Kier alpha value is -1.99. The number of aromatic nitrogens is 2. The van der Waals surface area contributed by atoms with Gasteiger partial charge in [0.05, 0.1) is 6.04 Å². The van der Waals surface area contributed by atoms with E-state index in [0.717, 1.165) is 51.5 Å². The fourth-order valence-electron chi connectivity index (χ4n) is 4.06. The van der Waals surface area contributed by atoms with Crippen molar-refractivity contribution in [3.8, 4) is 0 Å². The van der Waals surface area contributed by atoms with Crippen LogP contribution in [0.4, 0.5) is 5.95 Å². The maximum Gasteiger partial charge on any atom is 0.239 e. The van der Waals surface area contributed by atoms with Gasteiger partial charge in [0.25, 0.3) is 0 Å². The van der Waals surface area contributed by atoms with Gasteiger partial charge in [0.15, 0.2) is 0 Å². The van der Waals surface area contributed by atoms with Gasteiger partial charge < -0.3 is 9.80 Å². The molecule has 0 radical (unpaired) electrons. The number of thiophene rings is 1. The summed E-state index contributed by atoms with van der Waals surface area (Å²) >= 11 is 1.74. The number of carbonyl (C=O) groups is 1. The van der Waals surface area contributed by atoms with E-state index >= 15 is 0 Å². The third-order valence-electron chi connectivity index (χ3n) is 5.50. The lowest BCUT2D eigenvalue weighted by atomic mass is 10.1. The molecular weight excluding hydrogens is 346 g/mol. The molecule has 2 aromatic heterocycles. The number of carbonyl (C=O) groups excluding carboxylic acids is 1. The third-order valence-corrected chi connectivity index (χ3v) is 6.20. The average Bonchev–Trinajstić information content (AvgIpc) is 3.39. The minimum Gasteiger partial charge on any atom is -0.338 e. The highest BCUT2D eigenvalue weighted by Crippen LogP contribution is 2.35. The summed E-state index contributed by atoms with van der Waals surface area (Å²) in [5, 5.41) is 4.35. The van der Waals surface area contributed by atoms with Gasteiger partial charge in [-0.3, -0.25) is 9.69 Å². The van der Waals surface area contributed by atoms with E-state index in [1.807, 2.05) is 11.0 Å². The Balaban J connectivity index is 1.37. The standard InChI is InChI=1S/C19H25N5OS/c1-15(24-8-2-4-17(24)16-5-13-26-14-16)18(25)22-9-11-23(12-10-22)19-20-6-3-7-21-19/h3,5-7,13-15,17H,2,4,8-12H2,1H3/t15-,17-/m1/s1. The van der Waals surface area contributed by atoms with Crippen LogP contribution in [-0.2, 0) is 4.79 Å². The summed E-state index contributed by atoms with van der Waals surface area (Å²) in [6.45, 7) is 6.12. The van der Waals surface area contributed by atoms with Crippen molar-refractivity contribution in [3.05, 3.63) is 40.8 Å². The first kappa shape index (κ1) is 17.4. The minimum atomic E-state index is -0.0677. The molecule has 1 amide bonds. The SMILES string of the molecule is C[C@H](C(=O)N1CCN(c2ncccn2)CC1)N1CCC[C@@H]1c1ccsc1. The van der Waals surface area contributed by atoms with Gasteiger partial charge in [0.1, 0.15) is 0 Å². The number of likely N-dealkylation sites (tertiary alicyclic amines) is 1. The highest BCUT2D eigenvalue weighted by atomic mass is 32.1. The molecule has 0 N–H and O–H groups in total. The van der Waals surface area contributed by atoms with Gasteiger partial charge in [0.2, 0.25) is 11.9 Å². The van der Waals surface area contributed by atoms with Gasteiger partial charge in [-0.05, 0) is 54.8 Å². The quantitative estimate of drug-likeness (QED) is 0.826. The first-order chi connectivity index (χ1) is 12.7. The molecule has 6 nitrogen and oxygen atoms in total. The van der Waals surface area contributed by atoms with Crippen LogP contribution in [0.15, 0.2) is 35.3 Å². The summed E-state index contributed by atoms with van der Waals surface area (Å²) < 4.78 is 0. The minimum absolute atomic E-state index is 0.0677. The van der Waals surface area contributed by atoms with Gasteiger partial charge in [0, 0.05) is 44.6 Å². The summed E-state index contributed by atoms with van der Waals surface area (Å²) in [4.78, 5) is 28.3. The van der Waals surface area contributed by atoms with Gasteiger partial charge in [-0.1, -0.05) is 0 Å². The first-order valence-electron chi connectivity index (χ1n) is 9.32. The Labute approximate surface area is 158 Å². The molecule has 2 fully saturated rings. The molecule has 7 heteroatoms. The summed E-state index contributed by atoms with van der Waals surface area (Å²) in [7, 11) is 0. The van der Waals surface area contributed by atoms with E-state index in [-0.39, 0.29) is 11.9 Å². The number of hydrogen-bond donors (Lipinski definition) is 0. The molecule has 0 spiro atoms. The van der Waals surface area contributed by atoms with E-state index in [4.69, 9.17) is 0 Å². The Bertz CT molecular complexity index is 715. The maximum absolute atomic E-state index is 13.1. The van der Waals surface area contributed by atoms with E-state index in [0.29, 0.717) is 6.04 Å². The van der Waals surface area contributed by atoms with Gasteiger partial charge >= 0.3 is 0 Å². The smallest absolute Gasteiger partial charge is 0.239 e. The van der Waals surface area contributed by atoms with Crippen molar-refractivity contribution in [1.82, 2.24) is 19.8 Å².